The number of hydrogen-bond donors (Lipinski definition) is 0. The van der Waals surface area contributed by atoms with Gasteiger partial charge in [0, 0.05) is 6.42 Å². The van der Waals surface area contributed by atoms with E-state index in [4.69, 9.17) is 14.2 Å². The molecule has 1 heterocycles. The summed E-state index contributed by atoms with van der Waals surface area (Å²) >= 11 is 0. The summed E-state index contributed by atoms with van der Waals surface area (Å²) in [4.78, 5) is 0. The molecular weight excluding hydrogens is 120 g/mol. The van der Waals surface area contributed by atoms with Gasteiger partial charge in [0.05, 0.1) is 0 Å². The highest BCUT2D eigenvalue weighted by atomic mass is 16.8. The lowest BCUT2D eigenvalue weighted by atomic mass is 10.4. The monoisotopic (exact) mass is 130 g/mol. The minimum absolute atomic E-state index is 0.142. The third-order valence-electron chi connectivity index (χ3n) is 1.03. The normalized spacial score (nSPS) is 21.8. The zero-order valence-electron chi connectivity index (χ0n) is 5.21. The minimum Gasteiger partial charge on any atom is -0.329 e. The van der Waals surface area contributed by atoms with E-state index >= 15 is 0 Å². The Morgan fingerprint density at radius 1 is 1.44 bits per heavy atom. The second-order valence-corrected chi connectivity index (χ2v) is 1.73. The van der Waals surface area contributed by atoms with Gasteiger partial charge in [0.25, 0.3) is 0 Å². The Bertz CT molecular complexity index is 86.3. The molecule has 0 aromatic carbocycles. The third-order valence-corrected chi connectivity index (χ3v) is 1.03. The zero-order valence-corrected chi connectivity index (χ0v) is 5.21. The van der Waals surface area contributed by atoms with E-state index in [1.807, 2.05) is 0 Å². The Morgan fingerprint density at radius 3 is 2.67 bits per heavy atom. The summed E-state index contributed by atoms with van der Waals surface area (Å²) in [6.45, 7) is 4.22. The van der Waals surface area contributed by atoms with Gasteiger partial charge in [-0.3, -0.25) is 0 Å². The summed E-state index contributed by atoms with van der Waals surface area (Å²) in [6, 6.07) is 0. The lowest BCUT2D eigenvalue weighted by molar-refractivity contribution is -0.297. The van der Waals surface area contributed by atoms with Crippen LogP contribution in [0.2, 0.25) is 0 Å². The largest absolute Gasteiger partial charge is 0.329 e. The first kappa shape index (κ1) is 6.74. The van der Waals surface area contributed by atoms with E-state index in [-0.39, 0.29) is 6.29 Å². The van der Waals surface area contributed by atoms with E-state index in [9.17, 15) is 0 Å². The second kappa shape index (κ2) is 3.61. The van der Waals surface area contributed by atoms with Gasteiger partial charge in [-0.05, 0) is 0 Å². The Balaban J connectivity index is 2.15. The molecule has 0 bridgehead atoms. The van der Waals surface area contributed by atoms with Crippen molar-refractivity contribution in [1.82, 2.24) is 0 Å². The SMILES string of the molecule is C=CCC1OCOCO1. The van der Waals surface area contributed by atoms with Crippen LogP contribution in [0.25, 0.3) is 0 Å². The number of rotatable bonds is 2. The van der Waals surface area contributed by atoms with Crippen molar-refractivity contribution >= 4 is 0 Å². The molecule has 0 spiro atoms. The number of ether oxygens (including phenoxy) is 3. The molecule has 0 N–H and O–H groups in total. The predicted molar refractivity (Wildman–Crippen MR) is 31.6 cm³/mol. The molecular formula is C6H10O3. The summed E-state index contributed by atoms with van der Waals surface area (Å²) in [7, 11) is 0. The summed E-state index contributed by atoms with van der Waals surface area (Å²) < 4.78 is 14.8. The molecule has 1 saturated heterocycles. The molecule has 1 rings (SSSR count). The van der Waals surface area contributed by atoms with Gasteiger partial charge >= 0.3 is 0 Å². The van der Waals surface area contributed by atoms with Crippen LogP contribution < -0.4 is 0 Å². The van der Waals surface area contributed by atoms with Gasteiger partial charge in [-0.25, -0.2) is 0 Å². The zero-order chi connectivity index (χ0) is 6.53. The first-order valence-corrected chi connectivity index (χ1v) is 2.85. The van der Waals surface area contributed by atoms with Crippen molar-refractivity contribution in [2.75, 3.05) is 13.6 Å². The molecule has 1 fully saturated rings. The first-order chi connectivity index (χ1) is 4.43. The molecule has 1 aliphatic rings. The van der Waals surface area contributed by atoms with Crippen LogP contribution in [0.4, 0.5) is 0 Å². The minimum atomic E-state index is -0.142. The Kier molecular flexibility index (Phi) is 2.70. The fourth-order valence-electron chi connectivity index (χ4n) is 0.602. The standard InChI is InChI=1S/C6H10O3/c1-2-3-6-8-4-7-5-9-6/h2,6H,1,3-5H2. The van der Waals surface area contributed by atoms with Crippen LogP contribution in [0.15, 0.2) is 12.7 Å². The third kappa shape index (κ3) is 2.13. The van der Waals surface area contributed by atoms with Crippen molar-refractivity contribution in [3.8, 4) is 0 Å². The van der Waals surface area contributed by atoms with Crippen LogP contribution >= 0.6 is 0 Å². The molecule has 0 aliphatic carbocycles. The predicted octanol–water partition coefficient (Wildman–Crippen LogP) is 0.867. The maximum Gasteiger partial charge on any atom is 0.166 e. The summed E-state index contributed by atoms with van der Waals surface area (Å²) in [5, 5.41) is 0. The Morgan fingerprint density at radius 2 is 2.11 bits per heavy atom. The van der Waals surface area contributed by atoms with Crippen LogP contribution in [-0.2, 0) is 14.2 Å². The molecule has 0 amide bonds. The summed E-state index contributed by atoms with van der Waals surface area (Å²) in [5.74, 6) is 0. The fraction of sp³-hybridized carbons (Fsp3) is 0.667. The Labute approximate surface area is 54.2 Å². The van der Waals surface area contributed by atoms with Crippen LogP contribution in [0, 0.1) is 0 Å². The van der Waals surface area contributed by atoms with Gasteiger partial charge in [-0.15, -0.1) is 6.58 Å². The number of hydrogen-bond acceptors (Lipinski definition) is 3. The molecule has 0 saturated carbocycles. The van der Waals surface area contributed by atoms with E-state index in [1.165, 1.54) is 0 Å². The molecule has 0 radical (unpaired) electrons. The molecule has 0 atom stereocenters. The van der Waals surface area contributed by atoms with Gasteiger partial charge in [0.1, 0.15) is 0 Å². The van der Waals surface area contributed by atoms with Crippen LogP contribution in [0.5, 0.6) is 0 Å². The van der Waals surface area contributed by atoms with Crippen LogP contribution in [-0.4, -0.2) is 19.9 Å². The molecule has 0 aromatic rings. The Hall–Kier alpha value is -0.380. The molecule has 3 nitrogen and oxygen atoms in total. The average Bonchev–Trinajstić information content (AvgIpc) is 1.91. The van der Waals surface area contributed by atoms with Crippen molar-refractivity contribution in [1.29, 1.82) is 0 Å². The van der Waals surface area contributed by atoms with Crippen LogP contribution in [0.3, 0.4) is 0 Å². The molecule has 0 aromatic heterocycles. The summed E-state index contributed by atoms with van der Waals surface area (Å²) in [6.07, 6.45) is 2.34. The average molecular weight is 130 g/mol. The highest BCUT2D eigenvalue weighted by Crippen LogP contribution is 2.05. The van der Waals surface area contributed by atoms with Crippen LogP contribution in [0.1, 0.15) is 6.42 Å². The van der Waals surface area contributed by atoms with Gasteiger partial charge in [-0.2, -0.15) is 0 Å². The highest BCUT2D eigenvalue weighted by molar-refractivity contribution is 4.68. The summed E-state index contributed by atoms with van der Waals surface area (Å²) in [5.41, 5.74) is 0. The molecule has 0 unspecified atom stereocenters. The quantitative estimate of drug-likeness (QED) is 0.519. The van der Waals surface area contributed by atoms with E-state index in [0.717, 1.165) is 6.42 Å². The smallest absolute Gasteiger partial charge is 0.166 e. The van der Waals surface area contributed by atoms with E-state index in [1.54, 1.807) is 6.08 Å². The van der Waals surface area contributed by atoms with E-state index < -0.39 is 0 Å². The first-order valence-electron chi connectivity index (χ1n) is 2.85. The van der Waals surface area contributed by atoms with Crippen molar-refractivity contribution in [3.05, 3.63) is 12.7 Å². The van der Waals surface area contributed by atoms with E-state index in [2.05, 4.69) is 6.58 Å². The van der Waals surface area contributed by atoms with Gasteiger partial charge in [-0.1, -0.05) is 6.08 Å². The van der Waals surface area contributed by atoms with Crippen molar-refractivity contribution < 1.29 is 14.2 Å². The highest BCUT2D eigenvalue weighted by Gasteiger charge is 2.11. The molecule has 3 heteroatoms. The topological polar surface area (TPSA) is 27.7 Å². The molecule has 1 aliphatic heterocycles. The lowest BCUT2D eigenvalue weighted by Gasteiger charge is -2.21. The van der Waals surface area contributed by atoms with Gasteiger partial charge in [0.15, 0.2) is 19.9 Å². The molecule has 9 heavy (non-hydrogen) atoms. The van der Waals surface area contributed by atoms with Gasteiger partial charge < -0.3 is 14.2 Å². The van der Waals surface area contributed by atoms with Crippen molar-refractivity contribution in [2.45, 2.75) is 12.7 Å². The van der Waals surface area contributed by atoms with Gasteiger partial charge in [0.2, 0.25) is 0 Å². The van der Waals surface area contributed by atoms with Crippen molar-refractivity contribution in [3.63, 3.8) is 0 Å². The fourth-order valence-corrected chi connectivity index (χ4v) is 0.602. The van der Waals surface area contributed by atoms with E-state index in [0.29, 0.717) is 13.6 Å². The maximum absolute atomic E-state index is 5.00. The van der Waals surface area contributed by atoms with Crippen molar-refractivity contribution in [2.24, 2.45) is 0 Å². The lowest BCUT2D eigenvalue weighted by Crippen LogP contribution is -2.25. The molecule has 52 valence electrons. The second-order valence-electron chi connectivity index (χ2n) is 1.73. The maximum atomic E-state index is 5.00.